The van der Waals surface area contributed by atoms with Gasteiger partial charge in [-0.25, -0.2) is 0 Å². The second kappa shape index (κ2) is 22.2. The fraction of sp³-hybridized carbons (Fsp3) is 0.875. The summed E-state index contributed by atoms with van der Waals surface area (Å²) in [7, 11) is 13.3. The Bertz CT molecular complexity index is 709. The third kappa shape index (κ3) is 18.2. The van der Waals surface area contributed by atoms with Crippen LogP contribution in [0.2, 0.25) is 0 Å². The first-order valence-electron chi connectivity index (χ1n) is 13.5. The number of carboxylic acid groups (broad SMARTS) is 3. The number of hydrogen-bond acceptors (Lipinski definition) is 9. The first kappa shape index (κ1) is 35.8. The Morgan fingerprint density at radius 3 is 1.76 bits per heavy atom. The predicted molar refractivity (Wildman–Crippen MR) is 175 cm³/mol. The molecule has 0 radical (unpaired) electrons. The molecule has 0 aromatic carbocycles. The summed E-state index contributed by atoms with van der Waals surface area (Å²) in [6.07, 6.45) is 13.4. The third-order valence-corrected chi connectivity index (χ3v) is 45.0. The molecule has 220 valence electrons. The van der Waals surface area contributed by atoms with Crippen LogP contribution in [0.4, 0.5) is 0 Å². The van der Waals surface area contributed by atoms with Crippen LogP contribution in [0.15, 0.2) is 0 Å². The summed E-state index contributed by atoms with van der Waals surface area (Å²) in [6, 6.07) is 0. The van der Waals surface area contributed by atoms with Crippen molar-refractivity contribution >= 4 is 100 Å². The predicted octanol–water partition coefficient (Wildman–Crippen LogP) is 7.59. The average molecular weight is 769 g/mol. The van der Waals surface area contributed by atoms with Crippen molar-refractivity contribution in [3.05, 3.63) is 0 Å². The maximum atomic E-state index is 11.0. The first-order chi connectivity index (χ1) is 18.3. The zero-order valence-electron chi connectivity index (χ0n) is 21.9. The Kier molecular flexibility index (Phi) is 20.9. The van der Waals surface area contributed by atoms with Gasteiger partial charge in [0.1, 0.15) is 0 Å². The van der Waals surface area contributed by atoms with Crippen LogP contribution in [-0.2, 0) is 14.4 Å². The third-order valence-electron chi connectivity index (χ3n) is 6.12. The maximum absolute atomic E-state index is 11.0. The van der Waals surface area contributed by atoms with Gasteiger partial charge in [-0.15, -0.1) is 0 Å². The summed E-state index contributed by atoms with van der Waals surface area (Å²) in [5.74, 6) is 1.63. The van der Waals surface area contributed by atoms with E-state index in [9.17, 15) is 14.4 Å². The number of rotatable bonds is 21. The van der Waals surface area contributed by atoms with Crippen molar-refractivity contribution in [2.24, 2.45) is 0 Å². The molecule has 14 heteroatoms. The van der Waals surface area contributed by atoms with Crippen molar-refractivity contribution in [2.45, 2.75) is 112 Å². The van der Waals surface area contributed by atoms with Crippen molar-refractivity contribution in [3.8, 4) is 0 Å². The van der Waals surface area contributed by atoms with Crippen LogP contribution in [0, 0.1) is 0 Å². The van der Waals surface area contributed by atoms with Crippen LogP contribution in [-0.4, -0.2) is 88.6 Å². The van der Waals surface area contributed by atoms with E-state index in [0.717, 1.165) is 57.8 Å². The standard InChI is InChI=1S/C24H42As2O6S6/c27-22(28)10-4-1-7-19-13-16-33-25(36-19)34-17-14-20(8-2-5-11-23(29)30)37-26-35-18-15-21(38-26)9-3-6-12-24(31)32/h19-21H,1-18H2,(H,27,28)(H,29,30)(H,31,32). The van der Waals surface area contributed by atoms with Crippen molar-refractivity contribution in [1.82, 2.24) is 0 Å². The van der Waals surface area contributed by atoms with Crippen LogP contribution in [0.5, 0.6) is 0 Å². The Balaban J connectivity index is 1.74. The van der Waals surface area contributed by atoms with Crippen LogP contribution in [0.1, 0.15) is 96.3 Å². The van der Waals surface area contributed by atoms with Crippen LogP contribution in [0.3, 0.4) is 0 Å². The van der Waals surface area contributed by atoms with E-state index >= 15 is 0 Å². The number of unbranched alkanes of at least 4 members (excludes halogenated alkanes) is 3. The zero-order chi connectivity index (χ0) is 27.6. The van der Waals surface area contributed by atoms with E-state index in [0.29, 0.717) is 22.2 Å². The average Bonchev–Trinajstić information content (AvgIpc) is 2.87. The molecule has 2 aliphatic rings. The first-order valence-corrected chi connectivity index (χ1v) is 32.6. The van der Waals surface area contributed by atoms with Crippen molar-refractivity contribution in [3.63, 3.8) is 0 Å². The molecular weight excluding hydrogens is 727 g/mol. The summed E-state index contributed by atoms with van der Waals surface area (Å²) in [6.45, 7) is 0. The molecule has 2 rings (SSSR count). The normalized spacial score (nSPS) is 24.6. The van der Waals surface area contributed by atoms with E-state index in [2.05, 4.69) is 60.1 Å². The van der Waals surface area contributed by atoms with Gasteiger partial charge in [0.15, 0.2) is 0 Å². The van der Waals surface area contributed by atoms with Crippen molar-refractivity contribution in [2.75, 3.05) is 17.3 Å². The van der Waals surface area contributed by atoms with Gasteiger partial charge in [-0.05, 0) is 0 Å². The molecule has 2 saturated heterocycles. The molecule has 0 aromatic heterocycles. The molecule has 0 amide bonds. The molecule has 0 aromatic rings. The SMILES string of the molecule is O=C(O)CCCCC1CCS[As](SCCC(CCCCC(=O)O)S[As]2SCCC(CCCCC(=O)O)S2)S1. The van der Waals surface area contributed by atoms with E-state index in [1.165, 1.54) is 36.5 Å². The minimum absolute atomic E-state index is 0.270. The van der Waals surface area contributed by atoms with Gasteiger partial charge in [0, 0.05) is 0 Å². The second-order valence-corrected chi connectivity index (χ2v) is 43.4. The zero-order valence-corrected chi connectivity index (χ0v) is 30.5. The molecule has 2 aliphatic heterocycles. The molecule has 0 saturated carbocycles. The molecule has 2 fully saturated rings. The fourth-order valence-electron chi connectivity index (χ4n) is 4.02. The monoisotopic (exact) mass is 768 g/mol. The number of aliphatic carboxylic acids is 3. The van der Waals surface area contributed by atoms with Gasteiger partial charge >= 0.3 is 259 Å². The number of hydrogen-bond donors (Lipinski definition) is 3. The van der Waals surface area contributed by atoms with Gasteiger partial charge in [-0.2, -0.15) is 0 Å². The van der Waals surface area contributed by atoms with Gasteiger partial charge in [-0.3, -0.25) is 0 Å². The summed E-state index contributed by atoms with van der Waals surface area (Å²) < 4.78 is 0. The fourth-order valence-corrected chi connectivity index (χ4v) is 48.5. The summed E-state index contributed by atoms with van der Waals surface area (Å²) in [5, 5.41) is 28.8. The van der Waals surface area contributed by atoms with Crippen molar-refractivity contribution in [1.29, 1.82) is 0 Å². The van der Waals surface area contributed by atoms with Gasteiger partial charge in [0.25, 0.3) is 0 Å². The van der Waals surface area contributed by atoms with E-state index in [4.69, 9.17) is 15.3 Å². The Morgan fingerprint density at radius 1 is 0.711 bits per heavy atom. The number of carbonyl (C=O) groups is 3. The molecule has 0 bridgehead atoms. The summed E-state index contributed by atoms with van der Waals surface area (Å²) in [5.41, 5.74) is 0. The molecule has 2 heterocycles. The molecule has 5 atom stereocenters. The Hall–Kier alpha value is 1.63. The summed E-state index contributed by atoms with van der Waals surface area (Å²) in [4.78, 5) is 32.5. The van der Waals surface area contributed by atoms with E-state index in [1.807, 2.05) is 0 Å². The van der Waals surface area contributed by atoms with E-state index in [-0.39, 0.29) is 12.8 Å². The Morgan fingerprint density at radius 2 is 1.21 bits per heavy atom. The van der Waals surface area contributed by atoms with Crippen LogP contribution < -0.4 is 0 Å². The van der Waals surface area contributed by atoms with Crippen LogP contribution >= 0.6 is 60.1 Å². The van der Waals surface area contributed by atoms with Gasteiger partial charge in [0.2, 0.25) is 0 Å². The van der Waals surface area contributed by atoms with Gasteiger partial charge in [0.05, 0.1) is 0 Å². The topological polar surface area (TPSA) is 112 Å². The van der Waals surface area contributed by atoms with E-state index in [1.54, 1.807) is 0 Å². The minimum atomic E-state index is -1.10. The second-order valence-electron chi connectivity index (χ2n) is 9.41. The molecule has 0 spiro atoms. The van der Waals surface area contributed by atoms with Gasteiger partial charge < -0.3 is 0 Å². The molecule has 0 aliphatic carbocycles. The molecule has 5 unspecified atom stereocenters. The Labute approximate surface area is 257 Å². The molecular formula is C24H42As2O6S6. The molecule has 3 N–H and O–H groups in total. The molecule has 6 nitrogen and oxygen atoms in total. The molecule has 38 heavy (non-hydrogen) atoms. The van der Waals surface area contributed by atoms with Crippen LogP contribution in [0.25, 0.3) is 0 Å². The number of carboxylic acids is 3. The van der Waals surface area contributed by atoms with Gasteiger partial charge in [-0.1, -0.05) is 0 Å². The van der Waals surface area contributed by atoms with Crippen molar-refractivity contribution < 1.29 is 29.7 Å². The quantitative estimate of drug-likeness (QED) is 0.0791. The summed E-state index contributed by atoms with van der Waals surface area (Å²) >= 11 is -2.11. The van der Waals surface area contributed by atoms with E-state index < -0.39 is 40.3 Å².